The van der Waals surface area contributed by atoms with Crippen molar-refractivity contribution in [3.05, 3.63) is 45.8 Å². The average Bonchev–Trinajstić information content (AvgIpc) is 2.89. The molecule has 0 aromatic carbocycles. The lowest BCUT2D eigenvalue weighted by atomic mass is 10.2. The van der Waals surface area contributed by atoms with Crippen LogP contribution < -0.4 is 5.32 Å². The quantitative estimate of drug-likeness (QED) is 0.869. The Bertz CT molecular complexity index is 538. The fourth-order valence-electron chi connectivity index (χ4n) is 1.57. The molecule has 4 nitrogen and oxygen atoms in total. The normalized spacial score (nSPS) is 10.3. The number of pyridine rings is 1. The maximum atomic E-state index is 11.0. The third kappa shape index (κ3) is 3.07. The molecule has 0 aliphatic carbocycles. The van der Waals surface area contributed by atoms with Crippen LogP contribution in [0.1, 0.15) is 28.5 Å². The van der Waals surface area contributed by atoms with Crippen LogP contribution in [0.3, 0.4) is 0 Å². The zero-order valence-corrected chi connectivity index (χ0v) is 10.8. The summed E-state index contributed by atoms with van der Waals surface area (Å²) in [7, 11) is 0. The number of hydrogen-bond donors (Lipinski definition) is 2. The zero-order valence-electron chi connectivity index (χ0n) is 10.0. The van der Waals surface area contributed by atoms with E-state index in [1.165, 1.54) is 5.56 Å². The van der Waals surface area contributed by atoms with Crippen LogP contribution in [0.5, 0.6) is 0 Å². The van der Waals surface area contributed by atoms with Gasteiger partial charge in [-0.3, -0.25) is 0 Å². The molecule has 0 aliphatic rings. The maximum absolute atomic E-state index is 11.0. The highest BCUT2D eigenvalue weighted by Gasteiger charge is 2.07. The van der Waals surface area contributed by atoms with E-state index in [0.29, 0.717) is 18.8 Å². The first-order chi connectivity index (χ1) is 8.69. The van der Waals surface area contributed by atoms with E-state index in [4.69, 9.17) is 5.11 Å². The lowest BCUT2D eigenvalue weighted by molar-refractivity contribution is 0.0696. The monoisotopic (exact) mass is 262 g/mol. The second-order valence-electron chi connectivity index (χ2n) is 3.88. The van der Waals surface area contributed by atoms with Gasteiger partial charge in [0.05, 0.1) is 5.56 Å². The maximum Gasteiger partial charge on any atom is 0.335 e. The molecule has 2 N–H and O–H groups in total. The molecule has 2 aromatic heterocycles. The third-order valence-corrected chi connectivity index (χ3v) is 3.27. The summed E-state index contributed by atoms with van der Waals surface area (Å²) in [6.45, 7) is 2.61. The number of carboxylic acid groups (broad SMARTS) is 1. The minimum atomic E-state index is -0.925. The van der Waals surface area contributed by atoms with Gasteiger partial charge in [-0.2, -0.15) is 11.3 Å². The van der Waals surface area contributed by atoms with E-state index in [1.807, 2.05) is 18.4 Å². The van der Waals surface area contributed by atoms with Crippen molar-refractivity contribution in [3.8, 4) is 0 Å². The summed E-state index contributed by atoms with van der Waals surface area (Å²) in [5, 5.41) is 16.2. The van der Waals surface area contributed by atoms with Crippen LogP contribution in [0, 0.1) is 0 Å². The molecule has 0 spiro atoms. The predicted molar refractivity (Wildman–Crippen MR) is 72.2 cm³/mol. The highest BCUT2D eigenvalue weighted by atomic mass is 32.1. The number of thiophene rings is 1. The topological polar surface area (TPSA) is 62.2 Å². The van der Waals surface area contributed by atoms with E-state index in [-0.39, 0.29) is 5.56 Å². The first kappa shape index (κ1) is 12.6. The van der Waals surface area contributed by atoms with Crippen LogP contribution in [0.4, 0.5) is 5.82 Å². The Morgan fingerprint density at radius 1 is 1.50 bits per heavy atom. The van der Waals surface area contributed by atoms with Crippen molar-refractivity contribution in [1.82, 2.24) is 4.98 Å². The largest absolute Gasteiger partial charge is 0.478 e. The number of hydrogen-bond acceptors (Lipinski definition) is 4. The van der Waals surface area contributed by atoms with Crippen LogP contribution in [-0.2, 0) is 13.0 Å². The van der Waals surface area contributed by atoms with Crippen LogP contribution in [0.15, 0.2) is 29.0 Å². The molecule has 0 saturated carbocycles. The Labute approximate surface area is 109 Å². The lowest BCUT2D eigenvalue weighted by Crippen LogP contribution is -2.06. The highest BCUT2D eigenvalue weighted by Crippen LogP contribution is 2.13. The predicted octanol–water partition coefficient (Wildman–Crippen LogP) is 3.02. The molecule has 0 aliphatic heterocycles. The van der Waals surface area contributed by atoms with Crippen molar-refractivity contribution in [2.45, 2.75) is 19.9 Å². The number of rotatable bonds is 5. The minimum Gasteiger partial charge on any atom is -0.478 e. The molecule has 0 fully saturated rings. The molecular formula is C13H14N2O2S. The van der Waals surface area contributed by atoms with Crippen molar-refractivity contribution in [1.29, 1.82) is 0 Å². The first-order valence-electron chi connectivity index (χ1n) is 5.68. The second kappa shape index (κ2) is 5.64. The Hall–Kier alpha value is -1.88. The molecule has 0 amide bonds. The number of carbonyl (C=O) groups is 1. The van der Waals surface area contributed by atoms with Gasteiger partial charge in [0.15, 0.2) is 0 Å². The molecule has 0 atom stereocenters. The summed E-state index contributed by atoms with van der Waals surface area (Å²) in [4.78, 5) is 15.4. The van der Waals surface area contributed by atoms with Crippen molar-refractivity contribution >= 4 is 23.1 Å². The highest BCUT2D eigenvalue weighted by molar-refractivity contribution is 7.07. The summed E-state index contributed by atoms with van der Waals surface area (Å²) in [6.07, 6.45) is 0.717. The Morgan fingerprint density at radius 2 is 2.33 bits per heavy atom. The lowest BCUT2D eigenvalue weighted by Gasteiger charge is -2.07. The van der Waals surface area contributed by atoms with E-state index in [2.05, 4.69) is 15.7 Å². The van der Waals surface area contributed by atoms with Crippen LogP contribution in [0.25, 0.3) is 0 Å². The summed E-state index contributed by atoms with van der Waals surface area (Å²) < 4.78 is 0. The molecular weight excluding hydrogens is 248 g/mol. The smallest absolute Gasteiger partial charge is 0.335 e. The van der Waals surface area contributed by atoms with Gasteiger partial charge < -0.3 is 10.4 Å². The molecule has 2 heterocycles. The second-order valence-corrected chi connectivity index (χ2v) is 4.66. The van der Waals surface area contributed by atoms with Gasteiger partial charge in [0.2, 0.25) is 0 Å². The van der Waals surface area contributed by atoms with Crippen molar-refractivity contribution in [3.63, 3.8) is 0 Å². The average molecular weight is 262 g/mol. The number of aryl methyl sites for hydroxylation is 1. The molecule has 0 unspecified atom stereocenters. The van der Waals surface area contributed by atoms with Gasteiger partial charge >= 0.3 is 5.97 Å². The van der Waals surface area contributed by atoms with Crippen molar-refractivity contribution in [2.24, 2.45) is 0 Å². The van der Waals surface area contributed by atoms with E-state index < -0.39 is 5.97 Å². The number of carboxylic acids is 1. The van der Waals surface area contributed by atoms with E-state index in [9.17, 15) is 4.79 Å². The van der Waals surface area contributed by atoms with E-state index in [0.717, 1.165) is 5.69 Å². The number of anilines is 1. The van der Waals surface area contributed by atoms with Gasteiger partial charge in [0, 0.05) is 12.2 Å². The standard InChI is InChI=1S/C13H14N2O2S/c1-2-11-5-10(13(16)17)6-12(15-11)14-7-9-3-4-18-8-9/h3-6,8H,2,7H2,1H3,(H,14,15)(H,16,17). The zero-order chi connectivity index (χ0) is 13.0. The SMILES string of the molecule is CCc1cc(C(=O)O)cc(NCc2ccsc2)n1. The van der Waals surface area contributed by atoms with Crippen LogP contribution in [-0.4, -0.2) is 16.1 Å². The molecule has 2 aromatic rings. The molecule has 94 valence electrons. The fraction of sp³-hybridized carbons (Fsp3) is 0.231. The Kier molecular flexibility index (Phi) is 3.94. The van der Waals surface area contributed by atoms with Crippen LogP contribution >= 0.6 is 11.3 Å². The van der Waals surface area contributed by atoms with Crippen LogP contribution in [0.2, 0.25) is 0 Å². The summed E-state index contributed by atoms with van der Waals surface area (Å²) in [5.74, 6) is -0.316. The van der Waals surface area contributed by atoms with Gasteiger partial charge in [-0.05, 0) is 40.9 Å². The first-order valence-corrected chi connectivity index (χ1v) is 6.62. The number of aromatic nitrogens is 1. The summed E-state index contributed by atoms with van der Waals surface area (Å²) >= 11 is 1.64. The Balaban J connectivity index is 2.16. The van der Waals surface area contributed by atoms with Gasteiger partial charge in [0.1, 0.15) is 5.82 Å². The van der Waals surface area contributed by atoms with Crippen molar-refractivity contribution in [2.75, 3.05) is 5.32 Å². The summed E-state index contributed by atoms with van der Waals surface area (Å²) in [5.41, 5.74) is 2.22. The molecule has 0 saturated heterocycles. The van der Waals surface area contributed by atoms with E-state index in [1.54, 1.807) is 23.5 Å². The van der Waals surface area contributed by atoms with Crippen molar-refractivity contribution < 1.29 is 9.90 Å². The van der Waals surface area contributed by atoms with Gasteiger partial charge in [0.25, 0.3) is 0 Å². The molecule has 0 radical (unpaired) electrons. The molecule has 5 heteroatoms. The van der Waals surface area contributed by atoms with Gasteiger partial charge in [-0.15, -0.1) is 0 Å². The molecule has 2 rings (SSSR count). The summed E-state index contributed by atoms with van der Waals surface area (Å²) in [6, 6.07) is 5.20. The number of nitrogens with one attached hydrogen (secondary N) is 1. The number of nitrogens with zero attached hydrogens (tertiary/aromatic N) is 1. The molecule has 18 heavy (non-hydrogen) atoms. The minimum absolute atomic E-state index is 0.273. The van der Waals surface area contributed by atoms with Gasteiger partial charge in [-0.1, -0.05) is 6.92 Å². The van der Waals surface area contributed by atoms with E-state index >= 15 is 0 Å². The molecule has 0 bridgehead atoms. The Morgan fingerprint density at radius 3 is 2.94 bits per heavy atom. The third-order valence-electron chi connectivity index (χ3n) is 2.54. The van der Waals surface area contributed by atoms with Gasteiger partial charge in [-0.25, -0.2) is 9.78 Å². The number of aromatic carboxylic acids is 1. The fourth-order valence-corrected chi connectivity index (χ4v) is 2.24.